The first-order valence-corrected chi connectivity index (χ1v) is 7.36. The summed E-state index contributed by atoms with van der Waals surface area (Å²) < 4.78 is 0. The Labute approximate surface area is 116 Å². The van der Waals surface area contributed by atoms with Crippen LogP contribution in [0, 0.1) is 13.8 Å². The van der Waals surface area contributed by atoms with Gasteiger partial charge in [-0.3, -0.25) is 9.89 Å². The highest BCUT2D eigenvalue weighted by Gasteiger charge is 2.20. The van der Waals surface area contributed by atoms with Gasteiger partial charge in [-0.2, -0.15) is 16.9 Å². The molecule has 1 atom stereocenters. The molecule has 1 heterocycles. The second kappa shape index (κ2) is 7.18. The number of hydrogen-bond donors (Lipinski definition) is 3. The van der Waals surface area contributed by atoms with E-state index in [0.717, 1.165) is 17.0 Å². The van der Waals surface area contributed by atoms with E-state index >= 15 is 0 Å². The Morgan fingerprint density at radius 3 is 2.63 bits per heavy atom. The maximum Gasteiger partial charge on any atom is 0.326 e. The van der Waals surface area contributed by atoms with Crippen LogP contribution < -0.4 is 5.32 Å². The predicted octanol–water partition coefficient (Wildman–Crippen LogP) is 0.892. The smallest absolute Gasteiger partial charge is 0.326 e. The van der Waals surface area contributed by atoms with Gasteiger partial charge in [-0.25, -0.2) is 4.79 Å². The van der Waals surface area contributed by atoms with E-state index in [-0.39, 0.29) is 12.3 Å². The minimum absolute atomic E-state index is 0.150. The van der Waals surface area contributed by atoms with Gasteiger partial charge >= 0.3 is 5.97 Å². The quantitative estimate of drug-likeness (QED) is 0.691. The zero-order valence-electron chi connectivity index (χ0n) is 11.3. The van der Waals surface area contributed by atoms with Gasteiger partial charge in [0.2, 0.25) is 5.91 Å². The maximum absolute atomic E-state index is 11.9. The second-order valence-electron chi connectivity index (χ2n) is 4.33. The van der Waals surface area contributed by atoms with E-state index in [4.69, 9.17) is 5.11 Å². The standard InChI is InChI=1S/C12H19N3O3S/c1-7-9(8(2)15-14-7)6-11(16)13-10(12(17)18)4-5-19-3/h10H,4-6H2,1-3H3,(H,13,16)(H,14,15)(H,17,18)/t10-/m0/s1. The number of aromatic nitrogens is 2. The summed E-state index contributed by atoms with van der Waals surface area (Å²) in [5.74, 6) is -0.592. The number of carboxylic acid groups (broad SMARTS) is 1. The van der Waals surface area contributed by atoms with Crippen molar-refractivity contribution in [3.8, 4) is 0 Å². The molecule has 3 N–H and O–H groups in total. The Morgan fingerprint density at radius 2 is 2.16 bits per heavy atom. The van der Waals surface area contributed by atoms with Crippen molar-refractivity contribution in [2.75, 3.05) is 12.0 Å². The van der Waals surface area contributed by atoms with Crippen molar-refractivity contribution in [3.05, 3.63) is 17.0 Å². The third kappa shape index (κ3) is 4.59. The number of aryl methyl sites for hydroxylation is 2. The van der Waals surface area contributed by atoms with Gasteiger partial charge < -0.3 is 10.4 Å². The number of carbonyl (C=O) groups excluding carboxylic acids is 1. The normalized spacial score (nSPS) is 12.2. The zero-order valence-corrected chi connectivity index (χ0v) is 12.1. The van der Waals surface area contributed by atoms with Crippen molar-refractivity contribution < 1.29 is 14.7 Å². The Morgan fingerprint density at radius 1 is 1.47 bits per heavy atom. The number of thioether (sulfide) groups is 1. The molecule has 0 spiro atoms. The lowest BCUT2D eigenvalue weighted by molar-refractivity contribution is -0.141. The molecule has 0 aliphatic heterocycles. The molecular weight excluding hydrogens is 266 g/mol. The molecule has 1 aromatic rings. The van der Waals surface area contributed by atoms with Crippen LogP contribution in [0.2, 0.25) is 0 Å². The average Bonchev–Trinajstić information content (AvgIpc) is 2.66. The molecule has 0 aliphatic rings. The van der Waals surface area contributed by atoms with Crippen molar-refractivity contribution in [2.45, 2.75) is 32.7 Å². The fourth-order valence-corrected chi connectivity index (χ4v) is 2.20. The molecule has 0 aliphatic carbocycles. The van der Waals surface area contributed by atoms with E-state index in [1.165, 1.54) is 0 Å². The van der Waals surface area contributed by atoms with E-state index in [0.29, 0.717) is 12.2 Å². The minimum atomic E-state index is -0.997. The highest BCUT2D eigenvalue weighted by atomic mass is 32.2. The minimum Gasteiger partial charge on any atom is -0.480 e. The number of amides is 1. The molecule has 0 unspecified atom stereocenters. The molecule has 1 aromatic heterocycles. The van der Waals surface area contributed by atoms with Crippen molar-refractivity contribution in [3.63, 3.8) is 0 Å². The van der Waals surface area contributed by atoms with Gasteiger partial charge in [-0.15, -0.1) is 0 Å². The summed E-state index contributed by atoms with van der Waals surface area (Å²) in [5, 5.41) is 18.4. The molecule has 0 fully saturated rings. The molecule has 0 radical (unpaired) electrons. The average molecular weight is 285 g/mol. The first-order valence-electron chi connectivity index (χ1n) is 5.97. The van der Waals surface area contributed by atoms with Crippen molar-refractivity contribution in [2.24, 2.45) is 0 Å². The van der Waals surface area contributed by atoms with E-state index in [2.05, 4.69) is 15.5 Å². The molecule has 1 rings (SSSR count). The maximum atomic E-state index is 11.9. The van der Waals surface area contributed by atoms with Gasteiger partial charge in [-0.1, -0.05) is 0 Å². The van der Waals surface area contributed by atoms with Crippen LogP contribution in [-0.2, 0) is 16.0 Å². The van der Waals surface area contributed by atoms with Crippen LogP contribution in [0.3, 0.4) is 0 Å². The second-order valence-corrected chi connectivity index (χ2v) is 5.31. The van der Waals surface area contributed by atoms with Crippen molar-refractivity contribution in [1.29, 1.82) is 0 Å². The molecule has 106 valence electrons. The molecule has 1 amide bonds. The number of aliphatic carboxylic acids is 1. The highest BCUT2D eigenvalue weighted by molar-refractivity contribution is 7.98. The van der Waals surface area contributed by atoms with Crippen LogP contribution in [0.15, 0.2) is 0 Å². The number of rotatable bonds is 7. The van der Waals surface area contributed by atoms with Gasteiger partial charge in [0.1, 0.15) is 6.04 Å². The fourth-order valence-electron chi connectivity index (χ4n) is 1.73. The molecule has 0 saturated heterocycles. The van der Waals surface area contributed by atoms with Crippen LogP contribution in [0.25, 0.3) is 0 Å². The van der Waals surface area contributed by atoms with Gasteiger partial charge in [0.15, 0.2) is 0 Å². The summed E-state index contributed by atoms with van der Waals surface area (Å²) in [5.41, 5.74) is 2.43. The lowest BCUT2D eigenvalue weighted by Crippen LogP contribution is -2.42. The SMILES string of the molecule is CSCC[C@H](NC(=O)Cc1c(C)n[nH]c1C)C(=O)O. The van der Waals surface area contributed by atoms with Crippen LogP contribution in [0.4, 0.5) is 0 Å². The molecular formula is C12H19N3O3S. The van der Waals surface area contributed by atoms with Crippen LogP contribution in [-0.4, -0.2) is 45.2 Å². The number of nitrogens with one attached hydrogen (secondary N) is 2. The number of carboxylic acids is 1. The Hall–Kier alpha value is -1.50. The lowest BCUT2D eigenvalue weighted by atomic mass is 10.1. The lowest BCUT2D eigenvalue weighted by Gasteiger charge is -2.13. The third-order valence-electron chi connectivity index (χ3n) is 2.86. The number of aromatic amines is 1. The van der Waals surface area contributed by atoms with Gasteiger partial charge in [0, 0.05) is 11.3 Å². The molecule has 6 nitrogen and oxygen atoms in total. The molecule has 0 aromatic carbocycles. The Balaban J connectivity index is 2.60. The predicted molar refractivity (Wildman–Crippen MR) is 74.3 cm³/mol. The summed E-state index contributed by atoms with van der Waals surface area (Å²) in [4.78, 5) is 22.9. The molecule has 0 saturated carbocycles. The van der Waals surface area contributed by atoms with E-state index < -0.39 is 12.0 Å². The van der Waals surface area contributed by atoms with Gasteiger partial charge in [-0.05, 0) is 32.3 Å². The van der Waals surface area contributed by atoms with E-state index in [1.54, 1.807) is 11.8 Å². The number of H-pyrrole nitrogens is 1. The summed E-state index contributed by atoms with van der Waals surface area (Å²) in [6.45, 7) is 3.65. The van der Waals surface area contributed by atoms with Crippen LogP contribution in [0.1, 0.15) is 23.4 Å². The third-order valence-corrected chi connectivity index (χ3v) is 3.51. The summed E-state index contributed by atoms with van der Waals surface area (Å²) >= 11 is 1.56. The summed E-state index contributed by atoms with van der Waals surface area (Å²) in [6.07, 6.45) is 2.47. The van der Waals surface area contributed by atoms with Crippen LogP contribution in [0.5, 0.6) is 0 Å². The number of nitrogens with zero attached hydrogens (tertiary/aromatic N) is 1. The first-order chi connectivity index (χ1) is 8.95. The fraction of sp³-hybridized carbons (Fsp3) is 0.583. The van der Waals surface area contributed by atoms with Gasteiger partial charge in [0.05, 0.1) is 12.1 Å². The Bertz CT molecular complexity index is 440. The monoisotopic (exact) mass is 285 g/mol. The topological polar surface area (TPSA) is 95.1 Å². The van der Waals surface area contributed by atoms with Crippen molar-refractivity contribution >= 4 is 23.6 Å². The number of hydrogen-bond acceptors (Lipinski definition) is 4. The summed E-state index contributed by atoms with van der Waals surface area (Å²) in [6, 6.07) is -0.826. The molecule has 19 heavy (non-hydrogen) atoms. The van der Waals surface area contributed by atoms with E-state index in [1.807, 2.05) is 20.1 Å². The van der Waals surface area contributed by atoms with E-state index in [9.17, 15) is 9.59 Å². The van der Waals surface area contributed by atoms with Gasteiger partial charge in [0.25, 0.3) is 0 Å². The first kappa shape index (κ1) is 15.6. The number of carbonyl (C=O) groups is 2. The van der Waals surface area contributed by atoms with Crippen molar-refractivity contribution in [1.82, 2.24) is 15.5 Å². The zero-order chi connectivity index (χ0) is 14.4. The van der Waals surface area contributed by atoms with Crippen LogP contribution >= 0.6 is 11.8 Å². The largest absolute Gasteiger partial charge is 0.480 e. The molecule has 7 heteroatoms. The molecule has 0 bridgehead atoms. The summed E-state index contributed by atoms with van der Waals surface area (Å²) in [7, 11) is 0. The Kier molecular flexibility index (Phi) is 5.88. The highest BCUT2D eigenvalue weighted by Crippen LogP contribution is 2.10.